The van der Waals surface area contributed by atoms with Gasteiger partial charge in [-0.2, -0.15) is 0 Å². The van der Waals surface area contributed by atoms with Crippen molar-refractivity contribution in [3.8, 4) is 0 Å². The van der Waals surface area contributed by atoms with Gasteiger partial charge < -0.3 is 5.32 Å². The average Bonchev–Trinajstić information content (AvgIpc) is 2.93. The Hall–Kier alpha value is -3.04. The maximum absolute atomic E-state index is 12.3. The number of nitrogens with one attached hydrogen (secondary N) is 1. The Morgan fingerprint density at radius 2 is 1.52 bits per heavy atom. The van der Waals surface area contributed by atoms with Crippen molar-refractivity contribution in [1.82, 2.24) is 9.21 Å². The van der Waals surface area contributed by atoms with E-state index in [1.54, 1.807) is 24.3 Å². The van der Waals surface area contributed by atoms with Crippen LogP contribution in [0.25, 0.3) is 0 Å². The second-order valence-electron chi connectivity index (χ2n) is 6.77. The molecule has 3 amide bonds. The molecule has 1 aliphatic heterocycles. The molecule has 8 nitrogen and oxygen atoms in total. The van der Waals surface area contributed by atoms with Crippen LogP contribution in [0.1, 0.15) is 33.6 Å². The molecule has 0 aromatic heterocycles. The first-order chi connectivity index (χ1) is 13.7. The van der Waals surface area contributed by atoms with Crippen molar-refractivity contribution in [3.63, 3.8) is 0 Å². The van der Waals surface area contributed by atoms with E-state index in [-0.39, 0.29) is 35.6 Å². The summed E-state index contributed by atoms with van der Waals surface area (Å²) in [7, 11) is -0.640. The second-order valence-corrected chi connectivity index (χ2v) is 8.92. The maximum atomic E-state index is 12.3. The van der Waals surface area contributed by atoms with Gasteiger partial charge in [-0.25, -0.2) is 12.7 Å². The largest absolute Gasteiger partial charge is 0.326 e. The van der Waals surface area contributed by atoms with Gasteiger partial charge in [-0.05, 0) is 42.8 Å². The minimum atomic E-state index is -3.53. The molecule has 1 aliphatic rings. The van der Waals surface area contributed by atoms with Crippen LogP contribution in [0, 0.1) is 0 Å². The molecule has 0 atom stereocenters. The summed E-state index contributed by atoms with van der Waals surface area (Å²) in [5.74, 6) is -0.975. The second kappa shape index (κ2) is 8.14. The number of fused-ring (bicyclic) bond motifs is 1. The first kappa shape index (κ1) is 20.7. The van der Waals surface area contributed by atoms with Crippen LogP contribution in [0.3, 0.4) is 0 Å². The Labute approximate surface area is 169 Å². The highest BCUT2D eigenvalue weighted by molar-refractivity contribution is 7.89. The summed E-state index contributed by atoms with van der Waals surface area (Å²) >= 11 is 0. The summed E-state index contributed by atoms with van der Waals surface area (Å²) < 4.78 is 25.2. The fourth-order valence-electron chi connectivity index (χ4n) is 2.98. The van der Waals surface area contributed by atoms with E-state index in [4.69, 9.17) is 0 Å². The van der Waals surface area contributed by atoms with Gasteiger partial charge in [0.1, 0.15) is 0 Å². The van der Waals surface area contributed by atoms with Crippen LogP contribution in [0.5, 0.6) is 0 Å². The fraction of sp³-hybridized carbons (Fsp3) is 0.250. The summed E-state index contributed by atoms with van der Waals surface area (Å²) in [6.45, 7) is 0.153. The normalized spacial score (nSPS) is 13.7. The zero-order valence-corrected chi connectivity index (χ0v) is 16.9. The molecule has 152 valence electrons. The molecule has 0 saturated heterocycles. The molecule has 0 aliphatic carbocycles. The number of carbonyl (C=O) groups excluding carboxylic acids is 3. The van der Waals surface area contributed by atoms with Crippen molar-refractivity contribution in [3.05, 3.63) is 59.7 Å². The third-order valence-corrected chi connectivity index (χ3v) is 6.41. The summed E-state index contributed by atoms with van der Waals surface area (Å²) in [6, 6.07) is 12.5. The predicted molar refractivity (Wildman–Crippen MR) is 107 cm³/mol. The van der Waals surface area contributed by atoms with E-state index in [1.807, 2.05) is 0 Å². The SMILES string of the molecule is CN(C)S(=O)(=O)c1ccc(NC(=O)CCCN2C(=O)c3ccccc3C2=O)cc1. The lowest BCUT2D eigenvalue weighted by Gasteiger charge is -2.14. The van der Waals surface area contributed by atoms with Gasteiger partial charge in [-0.3, -0.25) is 19.3 Å². The van der Waals surface area contributed by atoms with E-state index in [9.17, 15) is 22.8 Å². The standard InChI is InChI=1S/C20H21N3O5S/c1-22(2)29(27,28)15-11-9-14(10-12-15)21-18(24)8-5-13-23-19(25)16-6-3-4-7-17(16)20(23)26/h3-4,6-7,9-12H,5,8,13H2,1-2H3,(H,21,24). The van der Waals surface area contributed by atoms with Gasteiger partial charge in [0.25, 0.3) is 11.8 Å². The predicted octanol–water partition coefficient (Wildman–Crippen LogP) is 1.95. The van der Waals surface area contributed by atoms with Crippen molar-refractivity contribution >= 4 is 33.4 Å². The van der Waals surface area contributed by atoms with E-state index in [0.29, 0.717) is 23.2 Å². The van der Waals surface area contributed by atoms with E-state index < -0.39 is 10.0 Å². The minimum absolute atomic E-state index is 0.116. The topological polar surface area (TPSA) is 104 Å². The number of benzene rings is 2. The molecule has 1 N–H and O–H groups in total. The highest BCUT2D eigenvalue weighted by atomic mass is 32.2. The first-order valence-corrected chi connectivity index (χ1v) is 10.4. The molecule has 2 aromatic carbocycles. The smallest absolute Gasteiger partial charge is 0.261 e. The lowest BCUT2D eigenvalue weighted by atomic mass is 10.1. The van der Waals surface area contributed by atoms with Crippen molar-refractivity contribution in [2.24, 2.45) is 0 Å². The van der Waals surface area contributed by atoms with E-state index in [0.717, 1.165) is 9.21 Å². The van der Waals surface area contributed by atoms with Gasteiger partial charge in [0.2, 0.25) is 15.9 Å². The third-order valence-electron chi connectivity index (χ3n) is 4.58. The van der Waals surface area contributed by atoms with Crippen LogP contribution in [0.2, 0.25) is 0 Å². The van der Waals surface area contributed by atoms with Crippen LogP contribution >= 0.6 is 0 Å². The first-order valence-electron chi connectivity index (χ1n) is 8.99. The van der Waals surface area contributed by atoms with E-state index >= 15 is 0 Å². The Kier molecular flexibility index (Phi) is 5.81. The van der Waals surface area contributed by atoms with Gasteiger partial charge >= 0.3 is 0 Å². The monoisotopic (exact) mass is 415 g/mol. The quantitative estimate of drug-likeness (QED) is 0.696. The molecule has 0 radical (unpaired) electrons. The number of carbonyl (C=O) groups is 3. The molecular formula is C20H21N3O5S. The third kappa shape index (κ3) is 4.20. The molecule has 1 heterocycles. The lowest BCUT2D eigenvalue weighted by molar-refractivity contribution is -0.116. The number of rotatable bonds is 7. The van der Waals surface area contributed by atoms with Crippen LogP contribution < -0.4 is 5.32 Å². The van der Waals surface area contributed by atoms with Crippen molar-refractivity contribution < 1.29 is 22.8 Å². The van der Waals surface area contributed by atoms with Crippen LogP contribution in [0.15, 0.2) is 53.4 Å². The van der Waals surface area contributed by atoms with Crippen molar-refractivity contribution in [2.45, 2.75) is 17.7 Å². The van der Waals surface area contributed by atoms with Gasteiger partial charge in [0.15, 0.2) is 0 Å². The molecule has 3 rings (SSSR count). The number of sulfonamides is 1. The average molecular weight is 415 g/mol. The minimum Gasteiger partial charge on any atom is -0.326 e. The highest BCUT2D eigenvalue weighted by Crippen LogP contribution is 2.23. The zero-order chi connectivity index (χ0) is 21.2. The van der Waals surface area contributed by atoms with Crippen molar-refractivity contribution in [1.29, 1.82) is 0 Å². The van der Waals surface area contributed by atoms with Gasteiger partial charge in [0, 0.05) is 32.7 Å². The van der Waals surface area contributed by atoms with Crippen LogP contribution in [-0.4, -0.2) is 56.0 Å². The Balaban J connectivity index is 1.52. The van der Waals surface area contributed by atoms with E-state index in [2.05, 4.69) is 5.32 Å². The maximum Gasteiger partial charge on any atom is 0.261 e. The summed E-state index contributed by atoms with van der Waals surface area (Å²) in [6.07, 6.45) is 0.440. The van der Waals surface area contributed by atoms with Crippen molar-refractivity contribution in [2.75, 3.05) is 26.0 Å². The Morgan fingerprint density at radius 3 is 2.03 bits per heavy atom. The number of hydrogen-bond acceptors (Lipinski definition) is 5. The molecule has 0 fully saturated rings. The summed E-state index contributed by atoms with van der Waals surface area (Å²) in [5.41, 5.74) is 1.23. The van der Waals surface area contributed by atoms with Gasteiger partial charge in [-0.1, -0.05) is 12.1 Å². The summed E-state index contributed by atoms with van der Waals surface area (Å²) in [5, 5.41) is 2.68. The number of nitrogens with zero attached hydrogens (tertiary/aromatic N) is 2. The molecule has 9 heteroatoms. The van der Waals surface area contributed by atoms with Crippen LogP contribution in [-0.2, 0) is 14.8 Å². The van der Waals surface area contributed by atoms with Crippen LogP contribution in [0.4, 0.5) is 5.69 Å². The zero-order valence-electron chi connectivity index (χ0n) is 16.1. The number of amides is 3. The number of imide groups is 1. The molecule has 29 heavy (non-hydrogen) atoms. The molecule has 0 saturated carbocycles. The molecule has 0 unspecified atom stereocenters. The molecular weight excluding hydrogens is 394 g/mol. The molecule has 0 bridgehead atoms. The lowest BCUT2D eigenvalue weighted by Crippen LogP contribution is -2.31. The number of hydrogen-bond donors (Lipinski definition) is 1. The Morgan fingerprint density at radius 1 is 0.966 bits per heavy atom. The molecule has 2 aromatic rings. The molecule has 0 spiro atoms. The van der Waals surface area contributed by atoms with Gasteiger partial charge in [0.05, 0.1) is 16.0 Å². The number of anilines is 1. The van der Waals surface area contributed by atoms with Gasteiger partial charge in [-0.15, -0.1) is 0 Å². The highest BCUT2D eigenvalue weighted by Gasteiger charge is 2.34. The van der Waals surface area contributed by atoms with E-state index in [1.165, 1.54) is 38.4 Å². The fourth-order valence-corrected chi connectivity index (χ4v) is 3.89. The Bertz CT molecular complexity index is 1030. The summed E-state index contributed by atoms with van der Waals surface area (Å²) in [4.78, 5) is 38.0.